The number of ether oxygens (including phenoxy) is 1. The van der Waals surface area contributed by atoms with E-state index in [9.17, 15) is 4.79 Å². The zero-order valence-electron chi connectivity index (χ0n) is 8.13. The first-order valence-corrected chi connectivity index (χ1v) is 4.27. The molecule has 0 radical (unpaired) electrons. The molecule has 0 atom stereocenters. The zero-order valence-corrected chi connectivity index (χ0v) is 8.13. The Labute approximate surface area is 77.8 Å². The van der Waals surface area contributed by atoms with Gasteiger partial charge in [0.1, 0.15) is 5.75 Å². The Bertz CT molecular complexity index is 321. The number of aromatic nitrogens is 1. The van der Waals surface area contributed by atoms with Crippen LogP contribution in [0.4, 0.5) is 0 Å². The first-order valence-electron chi connectivity index (χ1n) is 4.27. The van der Waals surface area contributed by atoms with Gasteiger partial charge in [-0.15, -0.1) is 0 Å². The Morgan fingerprint density at radius 3 is 2.77 bits per heavy atom. The largest absolute Gasteiger partial charge is 0.425 e. The standard InChI is InChI=1S/C10H13NO2/c1-4-10(12)13-9-5-7(2)8(3)11-6-9/h5-6H,4H2,1-3H3. The molecule has 1 aromatic rings. The second-order valence-corrected chi connectivity index (χ2v) is 2.90. The predicted molar refractivity (Wildman–Crippen MR) is 49.6 cm³/mol. The molecule has 0 amide bonds. The van der Waals surface area contributed by atoms with Crippen molar-refractivity contribution in [2.75, 3.05) is 0 Å². The molecule has 0 aromatic carbocycles. The summed E-state index contributed by atoms with van der Waals surface area (Å²) in [6.45, 7) is 5.61. The van der Waals surface area contributed by atoms with Gasteiger partial charge < -0.3 is 4.74 Å². The lowest BCUT2D eigenvalue weighted by Crippen LogP contribution is -2.06. The van der Waals surface area contributed by atoms with Crippen molar-refractivity contribution in [3.8, 4) is 5.75 Å². The molecule has 1 aromatic heterocycles. The van der Waals surface area contributed by atoms with Gasteiger partial charge in [-0.1, -0.05) is 6.92 Å². The molecule has 0 aliphatic rings. The number of carbonyl (C=O) groups excluding carboxylic acids is 1. The normalized spacial score (nSPS) is 9.77. The van der Waals surface area contributed by atoms with Crippen LogP contribution in [0.5, 0.6) is 5.75 Å². The van der Waals surface area contributed by atoms with Crippen LogP contribution in [0.3, 0.4) is 0 Å². The third kappa shape index (κ3) is 2.54. The summed E-state index contributed by atoms with van der Waals surface area (Å²) >= 11 is 0. The topological polar surface area (TPSA) is 39.2 Å². The van der Waals surface area contributed by atoms with Gasteiger partial charge in [0.2, 0.25) is 0 Å². The molecule has 0 unspecified atom stereocenters. The van der Waals surface area contributed by atoms with Crippen LogP contribution in [0.25, 0.3) is 0 Å². The van der Waals surface area contributed by atoms with Crippen molar-refractivity contribution in [2.45, 2.75) is 27.2 Å². The van der Waals surface area contributed by atoms with Crippen LogP contribution in [0.2, 0.25) is 0 Å². The SMILES string of the molecule is CCC(=O)Oc1cnc(C)c(C)c1. The Morgan fingerprint density at radius 2 is 2.23 bits per heavy atom. The van der Waals surface area contributed by atoms with Crippen LogP contribution in [0.15, 0.2) is 12.3 Å². The van der Waals surface area contributed by atoms with Crippen molar-refractivity contribution in [2.24, 2.45) is 0 Å². The molecule has 1 heterocycles. The first-order chi connectivity index (χ1) is 6.13. The van der Waals surface area contributed by atoms with Crippen molar-refractivity contribution in [1.29, 1.82) is 0 Å². The summed E-state index contributed by atoms with van der Waals surface area (Å²) in [7, 11) is 0. The molecular weight excluding hydrogens is 166 g/mol. The average molecular weight is 179 g/mol. The highest BCUT2D eigenvalue weighted by Gasteiger charge is 2.02. The number of pyridine rings is 1. The van der Waals surface area contributed by atoms with E-state index in [1.54, 1.807) is 13.1 Å². The average Bonchev–Trinajstić information content (AvgIpc) is 2.11. The van der Waals surface area contributed by atoms with Crippen LogP contribution in [-0.4, -0.2) is 11.0 Å². The molecule has 0 N–H and O–H groups in total. The summed E-state index contributed by atoms with van der Waals surface area (Å²) in [6, 6.07) is 1.82. The van der Waals surface area contributed by atoms with Crippen LogP contribution in [0.1, 0.15) is 24.6 Å². The molecule has 3 nitrogen and oxygen atoms in total. The molecule has 13 heavy (non-hydrogen) atoms. The fourth-order valence-corrected chi connectivity index (χ4v) is 0.877. The summed E-state index contributed by atoms with van der Waals surface area (Å²) in [5.41, 5.74) is 1.98. The second kappa shape index (κ2) is 4.03. The van der Waals surface area contributed by atoms with E-state index in [1.165, 1.54) is 0 Å². The minimum Gasteiger partial charge on any atom is -0.425 e. The van der Waals surface area contributed by atoms with Gasteiger partial charge in [-0.2, -0.15) is 0 Å². The quantitative estimate of drug-likeness (QED) is 0.652. The fourth-order valence-electron chi connectivity index (χ4n) is 0.877. The highest BCUT2D eigenvalue weighted by atomic mass is 16.5. The number of aryl methyl sites for hydroxylation is 2. The molecule has 0 bridgehead atoms. The van der Waals surface area contributed by atoms with Crippen molar-refractivity contribution in [3.05, 3.63) is 23.5 Å². The maximum Gasteiger partial charge on any atom is 0.310 e. The molecule has 70 valence electrons. The van der Waals surface area contributed by atoms with Gasteiger partial charge in [-0.25, -0.2) is 0 Å². The molecule has 1 rings (SSSR count). The number of hydrogen-bond acceptors (Lipinski definition) is 3. The summed E-state index contributed by atoms with van der Waals surface area (Å²) in [5.74, 6) is 0.292. The predicted octanol–water partition coefficient (Wildman–Crippen LogP) is 2.01. The Balaban J connectivity index is 2.79. The van der Waals surface area contributed by atoms with E-state index in [4.69, 9.17) is 4.74 Å². The van der Waals surface area contributed by atoms with Gasteiger partial charge in [-0.05, 0) is 25.5 Å². The number of nitrogens with zero attached hydrogens (tertiary/aromatic N) is 1. The van der Waals surface area contributed by atoms with Gasteiger partial charge in [0.15, 0.2) is 0 Å². The zero-order chi connectivity index (χ0) is 9.84. The van der Waals surface area contributed by atoms with Crippen molar-refractivity contribution >= 4 is 5.97 Å². The van der Waals surface area contributed by atoms with Gasteiger partial charge in [-0.3, -0.25) is 9.78 Å². The third-order valence-corrected chi connectivity index (χ3v) is 1.84. The van der Waals surface area contributed by atoms with E-state index in [-0.39, 0.29) is 5.97 Å². The summed E-state index contributed by atoms with van der Waals surface area (Å²) in [5, 5.41) is 0. The van der Waals surface area contributed by atoms with Gasteiger partial charge in [0, 0.05) is 12.1 Å². The minimum absolute atomic E-state index is 0.231. The molecule has 0 saturated carbocycles. The highest BCUT2D eigenvalue weighted by Crippen LogP contribution is 2.13. The smallest absolute Gasteiger partial charge is 0.310 e. The van der Waals surface area contributed by atoms with Crippen LogP contribution in [0, 0.1) is 13.8 Å². The van der Waals surface area contributed by atoms with Crippen LogP contribution < -0.4 is 4.74 Å². The van der Waals surface area contributed by atoms with E-state index in [2.05, 4.69) is 4.98 Å². The third-order valence-electron chi connectivity index (χ3n) is 1.84. The number of hydrogen-bond donors (Lipinski definition) is 0. The van der Waals surface area contributed by atoms with E-state index in [0.29, 0.717) is 12.2 Å². The lowest BCUT2D eigenvalue weighted by molar-refractivity contribution is -0.134. The number of esters is 1. The Kier molecular flexibility index (Phi) is 3.01. The first kappa shape index (κ1) is 9.71. The second-order valence-electron chi connectivity index (χ2n) is 2.90. The fraction of sp³-hybridized carbons (Fsp3) is 0.400. The lowest BCUT2D eigenvalue weighted by Gasteiger charge is -2.04. The van der Waals surface area contributed by atoms with Crippen molar-refractivity contribution < 1.29 is 9.53 Å². The monoisotopic (exact) mass is 179 g/mol. The van der Waals surface area contributed by atoms with E-state index in [1.807, 2.05) is 19.9 Å². The van der Waals surface area contributed by atoms with Crippen molar-refractivity contribution in [3.63, 3.8) is 0 Å². The van der Waals surface area contributed by atoms with Gasteiger partial charge in [0.05, 0.1) is 6.20 Å². The maximum absolute atomic E-state index is 10.9. The molecule has 0 fully saturated rings. The Morgan fingerprint density at radius 1 is 1.54 bits per heavy atom. The van der Waals surface area contributed by atoms with Crippen LogP contribution >= 0.6 is 0 Å². The minimum atomic E-state index is -0.231. The molecule has 0 aliphatic carbocycles. The van der Waals surface area contributed by atoms with Gasteiger partial charge in [0.25, 0.3) is 0 Å². The Hall–Kier alpha value is -1.38. The molecular formula is C10H13NO2. The van der Waals surface area contributed by atoms with E-state index < -0.39 is 0 Å². The summed E-state index contributed by atoms with van der Waals surface area (Å²) < 4.78 is 5.00. The summed E-state index contributed by atoms with van der Waals surface area (Å²) in [4.78, 5) is 15.0. The van der Waals surface area contributed by atoms with Crippen LogP contribution in [-0.2, 0) is 4.79 Å². The highest BCUT2D eigenvalue weighted by molar-refractivity contribution is 5.71. The molecule has 0 saturated heterocycles. The van der Waals surface area contributed by atoms with Crippen molar-refractivity contribution in [1.82, 2.24) is 4.98 Å². The molecule has 0 aliphatic heterocycles. The molecule has 0 spiro atoms. The number of rotatable bonds is 2. The van der Waals surface area contributed by atoms with Gasteiger partial charge >= 0.3 is 5.97 Å². The van der Waals surface area contributed by atoms with E-state index >= 15 is 0 Å². The van der Waals surface area contributed by atoms with E-state index in [0.717, 1.165) is 11.3 Å². The lowest BCUT2D eigenvalue weighted by atomic mass is 10.2. The summed E-state index contributed by atoms with van der Waals surface area (Å²) in [6.07, 6.45) is 1.95. The maximum atomic E-state index is 10.9. The number of carbonyl (C=O) groups is 1. The molecule has 3 heteroatoms.